The molecule has 0 amide bonds. The van der Waals surface area contributed by atoms with E-state index in [2.05, 4.69) is 5.16 Å². The summed E-state index contributed by atoms with van der Waals surface area (Å²) < 4.78 is 26.5. The van der Waals surface area contributed by atoms with Gasteiger partial charge in [-0.05, 0) is 23.3 Å². The van der Waals surface area contributed by atoms with Crippen molar-refractivity contribution in [1.29, 1.82) is 0 Å². The summed E-state index contributed by atoms with van der Waals surface area (Å²) in [5, 5.41) is 3.72. The Bertz CT molecular complexity index is 1030. The Hall–Kier alpha value is -3.05. The standard InChI is InChI=1S/C20H10ClF2NO2/c21-16-10-18(23)17(22)9-15(16)20(25)26-24-19-13-7-3-1-5-11(13)12-6-2-4-8-14(12)19/h1-10H. The van der Waals surface area contributed by atoms with Gasteiger partial charge in [-0.1, -0.05) is 65.3 Å². The van der Waals surface area contributed by atoms with E-state index in [0.717, 1.165) is 28.3 Å². The van der Waals surface area contributed by atoms with Gasteiger partial charge in [0.15, 0.2) is 11.6 Å². The zero-order valence-corrected chi connectivity index (χ0v) is 13.9. The molecule has 26 heavy (non-hydrogen) atoms. The van der Waals surface area contributed by atoms with E-state index in [9.17, 15) is 13.6 Å². The summed E-state index contributed by atoms with van der Waals surface area (Å²) in [6, 6.07) is 16.6. The highest BCUT2D eigenvalue weighted by atomic mass is 35.5. The molecule has 1 aliphatic carbocycles. The van der Waals surface area contributed by atoms with Crippen LogP contribution in [-0.4, -0.2) is 11.7 Å². The second-order valence-corrected chi connectivity index (χ2v) is 6.06. The summed E-state index contributed by atoms with van der Waals surface area (Å²) in [5.74, 6) is -3.30. The van der Waals surface area contributed by atoms with E-state index in [1.807, 2.05) is 48.5 Å². The number of benzene rings is 3. The minimum absolute atomic E-state index is 0.249. The number of fused-ring (bicyclic) bond motifs is 3. The third kappa shape index (κ3) is 2.66. The van der Waals surface area contributed by atoms with Crippen LogP contribution in [0.1, 0.15) is 21.5 Å². The summed E-state index contributed by atoms with van der Waals surface area (Å²) >= 11 is 5.80. The second kappa shape index (κ2) is 6.35. The molecule has 0 atom stereocenters. The van der Waals surface area contributed by atoms with E-state index in [4.69, 9.17) is 16.4 Å². The van der Waals surface area contributed by atoms with Crippen molar-refractivity contribution < 1.29 is 18.4 Å². The highest BCUT2D eigenvalue weighted by molar-refractivity contribution is 6.33. The average Bonchev–Trinajstić information content (AvgIpc) is 2.97. The molecule has 3 aromatic rings. The van der Waals surface area contributed by atoms with Gasteiger partial charge in [-0.25, -0.2) is 13.6 Å². The van der Waals surface area contributed by atoms with Crippen LogP contribution in [0.3, 0.4) is 0 Å². The molecule has 3 aromatic carbocycles. The number of oxime groups is 1. The van der Waals surface area contributed by atoms with Gasteiger partial charge in [0.2, 0.25) is 0 Å². The fraction of sp³-hybridized carbons (Fsp3) is 0. The lowest BCUT2D eigenvalue weighted by Gasteiger charge is -2.04. The zero-order chi connectivity index (χ0) is 18.3. The van der Waals surface area contributed by atoms with Gasteiger partial charge in [0.05, 0.1) is 10.6 Å². The SMILES string of the molecule is O=C(ON=C1c2ccccc2-c2ccccc21)c1cc(F)c(F)cc1Cl. The van der Waals surface area contributed by atoms with Gasteiger partial charge in [-0.15, -0.1) is 0 Å². The molecule has 128 valence electrons. The minimum atomic E-state index is -1.19. The predicted molar refractivity (Wildman–Crippen MR) is 94.3 cm³/mol. The normalized spacial score (nSPS) is 11.7. The maximum atomic E-state index is 13.4. The Balaban J connectivity index is 1.72. The topological polar surface area (TPSA) is 38.7 Å². The van der Waals surface area contributed by atoms with Crippen molar-refractivity contribution in [2.75, 3.05) is 0 Å². The van der Waals surface area contributed by atoms with E-state index in [-0.39, 0.29) is 10.6 Å². The molecule has 0 aliphatic heterocycles. The quantitative estimate of drug-likeness (QED) is 0.276. The Labute approximate surface area is 152 Å². The first-order chi connectivity index (χ1) is 12.6. The first kappa shape index (κ1) is 16.4. The lowest BCUT2D eigenvalue weighted by atomic mass is 10.1. The van der Waals surface area contributed by atoms with Crippen molar-refractivity contribution in [3.8, 4) is 11.1 Å². The highest BCUT2D eigenvalue weighted by Gasteiger charge is 2.25. The molecular weight excluding hydrogens is 360 g/mol. The third-order valence-electron chi connectivity index (χ3n) is 4.10. The molecule has 0 aromatic heterocycles. The second-order valence-electron chi connectivity index (χ2n) is 5.66. The molecule has 0 fully saturated rings. The summed E-state index contributed by atoms with van der Waals surface area (Å²) in [6.07, 6.45) is 0. The zero-order valence-electron chi connectivity index (χ0n) is 13.2. The first-order valence-electron chi connectivity index (χ1n) is 7.69. The van der Waals surface area contributed by atoms with Gasteiger partial charge in [-0.3, -0.25) is 0 Å². The van der Waals surface area contributed by atoms with E-state index in [1.165, 1.54) is 0 Å². The smallest absolute Gasteiger partial charge is 0.312 e. The van der Waals surface area contributed by atoms with E-state index >= 15 is 0 Å². The number of carbonyl (C=O) groups is 1. The number of nitrogens with zero attached hydrogens (tertiary/aromatic N) is 1. The van der Waals surface area contributed by atoms with Gasteiger partial charge in [0, 0.05) is 11.1 Å². The van der Waals surface area contributed by atoms with Crippen LogP contribution in [0.25, 0.3) is 11.1 Å². The monoisotopic (exact) mass is 369 g/mol. The molecule has 0 heterocycles. The van der Waals surface area contributed by atoms with Crippen LogP contribution in [0.2, 0.25) is 5.02 Å². The molecule has 0 saturated carbocycles. The van der Waals surface area contributed by atoms with E-state index < -0.39 is 17.6 Å². The Morgan fingerprint density at radius 1 is 0.846 bits per heavy atom. The molecular formula is C20H10ClF2NO2. The van der Waals surface area contributed by atoms with Gasteiger partial charge in [-0.2, -0.15) is 0 Å². The Morgan fingerprint density at radius 2 is 1.35 bits per heavy atom. The molecule has 3 nitrogen and oxygen atoms in total. The van der Waals surface area contributed by atoms with Crippen molar-refractivity contribution in [2.45, 2.75) is 0 Å². The van der Waals surface area contributed by atoms with Crippen molar-refractivity contribution >= 4 is 23.3 Å². The maximum absolute atomic E-state index is 13.4. The molecule has 0 unspecified atom stereocenters. The molecule has 0 bridgehead atoms. The number of halogens is 3. The molecule has 6 heteroatoms. The van der Waals surface area contributed by atoms with Crippen LogP contribution in [0.15, 0.2) is 65.8 Å². The fourth-order valence-corrected chi connectivity index (χ4v) is 3.14. The minimum Gasteiger partial charge on any atom is -0.312 e. The van der Waals surface area contributed by atoms with Gasteiger partial charge in [0.25, 0.3) is 0 Å². The first-order valence-corrected chi connectivity index (χ1v) is 8.07. The van der Waals surface area contributed by atoms with Crippen LogP contribution >= 0.6 is 11.6 Å². The van der Waals surface area contributed by atoms with Crippen LogP contribution in [0.5, 0.6) is 0 Å². The molecule has 0 spiro atoms. The van der Waals surface area contributed by atoms with E-state index in [1.54, 1.807) is 0 Å². The van der Waals surface area contributed by atoms with Crippen molar-refractivity contribution in [2.24, 2.45) is 5.16 Å². The van der Waals surface area contributed by atoms with Crippen LogP contribution in [0.4, 0.5) is 8.78 Å². The number of hydrogen-bond donors (Lipinski definition) is 0. The van der Waals surface area contributed by atoms with Gasteiger partial charge >= 0.3 is 5.97 Å². The van der Waals surface area contributed by atoms with Crippen LogP contribution in [-0.2, 0) is 4.84 Å². The van der Waals surface area contributed by atoms with Crippen molar-refractivity contribution in [1.82, 2.24) is 0 Å². The maximum Gasteiger partial charge on any atom is 0.367 e. The highest BCUT2D eigenvalue weighted by Crippen LogP contribution is 2.36. The van der Waals surface area contributed by atoms with Crippen molar-refractivity contribution in [3.63, 3.8) is 0 Å². The number of carbonyl (C=O) groups excluding carboxylic acids is 1. The number of hydrogen-bond acceptors (Lipinski definition) is 3. The lowest BCUT2D eigenvalue weighted by Crippen LogP contribution is -2.07. The van der Waals surface area contributed by atoms with Gasteiger partial charge in [0.1, 0.15) is 5.71 Å². The number of rotatable bonds is 2. The fourth-order valence-electron chi connectivity index (χ4n) is 2.91. The van der Waals surface area contributed by atoms with E-state index in [0.29, 0.717) is 11.8 Å². The molecule has 0 radical (unpaired) electrons. The molecule has 0 saturated heterocycles. The summed E-state index contributed by atoms with van der Waals surface area (Å²) in [4.78, 5) is 17.2. The average molecular weight is 370 g/mol. The lowest BCUT2D eigenvalue weighted by molar-refractivity contribution is 0.0516. The summed E-state index contributed by atoms with van der Waals surface area (Å²) in [5.41, 5.74) is 3.78. The summed E-state index contributed by atoms with van der Waals surface area (Å²) in [7, 11) is 0. The van der Waals surface area contributed by atoms with Gasteiger partial charge < -0.3 is 4.84 Å². The van der Waals surface area contributed by atoms with Crippen LogP contribution < -0.4 is 0 Å². The molecule has 4 rings (SSSR count). The predicted octanol–water partition coefficient (Wildman–Crippen LogP) is 5.21. The molecule has 0 N–H and O–H groups in total. The van der Waals surface area contributed by atoms with Crippen LogP contribution in [0, 0.1) is 11.6 Å². The largest absolute Gasteiger partial charge is 0.367 e. The van der Waals surface area contributed by atoms with Crippen molar-refractivity contribution in [3.05, 3.63) is 94.0 Å². The Morgan fingerprint density at radius 3 is 1.92 bits per heavy atom. The summed E-state index contributed by atoms with van der Waals surface area (Å²) in [6.45, 7) is 0. The molecule has 1 aliphatic rings. The third-order valence-corrected chi connectivity index (χ3v) is 4.42. The Kier molecular flexibility index (Phi) is 4.01.